The van der Waals surface area contributed by atoms with E-state index in [2.05, 4.69) is 19.2 Å². The van der Waals surface area contributed by atoms with Crippen LogP contribution in [0.15, 0.2) is 0 Å². The molecule has 0 aromatic carbocycles. The van der Waals surface area contributed by atoms with Crippen molar-refractivity contribution in [3.63, 3.8) is 0 Å². The second-order valence-electron chi connectivity index (χ2n) is 5.69. The zero-order valence-electron chi connectivity index (χ0n) is 10.1. The predicted octanol–water partition coefficient (Wildman–Crippen LogP) is 1.73. The van der Waals surface area contributed by atoms with Gasteiger partial charge >= 0.3 is 0 Å². The summed E-state index contributed by atoms with van der Waals surface area (Å²) in [6.07, 6.45) is 4.76. The molecule has 1 saturated heterocycles. The third-order valence-corrected chi connectivity index (χ3v) is 4.26. The summed E-state index contributed by atoms with van der Waals surface area (Å²) in [6.45, 7) is 8.05. The number of nitrogens with zero attached hydrogens (tertiary/aromatic N) is 1. The largest absolute Gasteiger partial charge is 0.328 e. The summed E-state index contributed by atoms with van der Waals surface area (Å²) in [5.74, 6) is 0.290. The van der Waals surface area contributed by atoms with Gasteiger partial charge in [0.05, 0.1) is 12.2 Å². The molecule has 3 nitrogen and oxygen atoms in total. The number of hydrogen-bond donors (Lipinski definition) is 1. The van der Waals surface area contributed by atoms with Gasteiger partial charge in [0, 0.05) is 6.54 Å². The van der Waals surface area contributed by atoms with E-state index in [9.17, 15) is 4.79 Å². The van der Waals surface area contributed by atoms with Gasteiger partial charge in [-0.05, 0) is 31.6 Å². The van der Waals surface area contributed by atoms with Crippen molar-refractivity contribution in [2.45, 2.75) is 52.0 Å². The van der Waals surface area contributed by atoms with E-state index in [-0.39, 0.29) is 11.4 Å². The van der Waals surface area contributed by atoms with E-state index < -0.39 is 0 Å². The molecule has 0 aromatic heterocycles. The Balaban J connectivity index is 1.98. The predicted molar refractivity (Wildman–Crippen MR) is 60.4 cm³/mol. The van der Waals surface area contributed by atoms with Crippen molar-refractivity contribution in [1.82, 2.24) is 10.2 Å². The van der Waals surface area contributed by atoms with Gasteiger partial charge < -0.3 is 4.90 Å². The maximum atomic E-state index is 12.1. The van der Waals surface area contributed by atoms with Gasteiger partial charge in [-0.15, -0.1) is 0 Å². The summed E-state index contributed by atoms with van der Waals surface area (Å²) in [5, 5.41) is 3.33. The highest BCUT2D eigenvalue weighted by Gasteiger charge is 2.44. The number of carbonyl (C=O) groups excluding carboxylic acids is 1. The summed E-state index contributed by atoms with van der Waals surface area (Å²) in [5.41, 5.74) is 0.0937. The second-order valence-corrected chi connectivity index (χ2v) is 5.69. The molecule has 2 fully saturated rings. The lowest BCUT2D eigenvalue weighted by Gasteiger charge is -2.41. The molecular formula is C12H22N2O. The monoisotopic (exact) mass is 210 g/mol. The molecule has 1 unspecified atom stereocenters. The Morgan fingerprint density at radius 2 is 2.07 bits per heavy atom. The topological polar surface area (TPSA) is 32.3 Å². The molecule has 1 atom stereocenters. The molecule has 1 heterocycles. The van der Waals surface area contributed by atoms with Crippen LogP contribution in [0.2, 0.25) is 0 Å². The quantitative estimate of drug-likeness (QED) is 0.769. The second kappa shape index (κ2) is 3.48. The van der Waals surface area contributed by atoms with Crippen molar-refractivity contribution in [2.75, 3.05) is 13.2 Å². The Kier molecular flexibility index (Phi) is 2.53. The molecule has 15 heavy (non-hydrogen) atoms. The zero-order chi connectivity index (χ0) is 11.1. The lowest BCUT2D eigenvalue weighted by atomic mass is 9.70. The third-order valence-electron chi connectivity index (χ3n) is 4.26. The fourth-order valence-corrected chi connectivity index (χ4v) is 2.57. The maximum absolute atomic E-state index is 12.1. The van der Waals surface area contributed by atoms with Gasteiger partial charge in [-0.25, -0.2) is 0 Å². The molecule has 2 aliphatic rings. The van der Waals surface area contributed by atoms with Crippen LogP contribution >= 0.6 is 0 Å². The van der Waals surface area contributed by atoms with Gasteiger partial charge in [-0.1, -0.05) is 20.3 Å². The van der Waals surface area contributed by atoms with Crippen LogP contribution in [-0.2, 0) is 4.79 Å². The van der Waals surface area contributed by atoms with E-state index in [0.29, 0.717) is 5.41 Å². The van der Waals surface area contributed by atoms with Crippen LogP contribution < -0.4 is 5.32 Å². The van der Waals surface area contributed by atoms with E-state index in [0.717, 1.165) is 19.6 Å². The molecule has 0 aromatic rings. The lowest BCUT2D eigenvalue weighted by Crippen LogP contribution is -2.45. The van der Waals surface area contributed by atoms with Crippen LogP contribution in [-0.4, -0.2) is 29.6 Å². The van der Waals surface area contributed by atoms with Crippen LogP contribution in [0.5, 0.6) is 0 Å². The lowest BCUT2D eigenvalue weighted by molar-refractivity contribution is -0.134. The molecule has 1 aliphatic carbocycles. The van der Waals surface area contributed by atoms with Crippen LogP contribution in [0, 0.1) is 5.41 Å². The maximum Gasteiger partial charge on any atom is 0.243 e. The molecule has 0 bridgehead atoms. The first-order valence-electron chi connectivity index (χ1n) is 6.04. The molecule has 3 heteroatoms. The summed E-state index contributed by atoms with van der Waals surface area (Å²) >= 11 is 0. The average molecular weight is 210 g/mol. The molecule has 1 N–H and O–H groups in total. The van der Waals surface area contributed by atoms with E-state index >= 15 is 0 Å². The van der Waals surface area contributed by atoms with Crippen molar-refractivity contribution < 1.29 is 4.79 Å². The molecular weight excluding hydrogens is 188 g/mol. The van der Waals surface area contributed by atoms with Gasteiger partial charge in [0.2, 0.25) is 5.91 Å². The SMILES string of the molecule is CCC1(C)NCN(CC2(C)CCC2)C1=O. The number of amides is 1. The molecule has 1 saturated carbocycles. The summed E-state index contributed by atoms with van der Waals surface area (Å²) in [4.78, 5) is 14.1. The van der Waals surface area contributed by atoms with E-state index in [1.165, 1.54) is 19.3 Å². The summed E-state index contributed by atoms with van der Waals surface area (Å²) in [6, 6.07) is 0. The van der Waals surface area contributed by atoms with Crippen molar-refractivity contribution in [3.8, 4) is 0 Å². The Labute approximate surface area is 92.2 Å². The van der Waals surface area contributed by atoms with E-state index in [4.69, 9.17) is 0 Å². The normalized spacial score (nSPS) is 34.3. The molecule has 86 valence electrons. The highest BCUT2D eigenvalue weighted by Crippen LogP contribution is 2.41. The van der Waals surface area contributed by atoms with E-state index in [1.807, 2.05) is 11.8 Å². The zero-order valence-corrected chi connectivity index (χ0v) is 10.1. The minimum Gasteiger partial charge on any atom is -0.328 e. The first-order valence-corrected chi connectivity index (χ1v) is 6.04. The number of hydrogen-bond acceptors (Lipinski definition) is 2. The van der Waals surface area contributed by atoms with Crippen molar-refractivity contribution in [1.29, 1.82) is 0 Å². The highest BCUT2D eigenvalue weighted by molar-refractivity contribution is 5.87. The van der Waals surface area contributed by atoms with Crippen molar-refractivity contribution in [2.24, 2.45) is 5.41 Å². The minimum atomic E-state index is -0.305. The first-order chi connectivity index (χ1) is 6.99. The third kappa shape index (κ3) is 1.78. The smallest absolute Gasteiger partial charge is 0.243 e. The minimum absolute atomic E-state index is 0.290. The van der Waals surface area contributed by atoms with Gasteiger partial charge in [0.15, 0.2) is 0 Å². The Morgan fingerprint density at radius 3 is 2.47 bits per heavy atom. The number of carbonyl (C=O) groups is 1. The van der Waals surface area contributed by atoms with Gasteiger partial charge in [0.25, 0.3) is 0 Å². The fourth-order valence-electron chi connectivity index (χ4n) is 2.57. The van der Waals surface area contributed by atoms with Crippen LogP contribution in [0.4, 0.5) is 0 Å². The Hall–Kier alpha value is -0.570. The van der Waals surface area contributed by atoms with Crippen LogP contribution in [0.3, 0.4) is 0 Å². The number of nitrogens with one attached hydrogen (secondary N) is 1. The van der Waals surface area contributed by atoms with Gasteiger partial charge in [-0.2, -0.15) is 0 Å². The fraction of sp³-hybridized carbons (Fsp3) is 0.917. The molecule has 1 aliphatic heterocycles. The van der Waals surface area contributed by atoms with Crippen LogP contribution in [0.25, 0.3) is 0 Å². The average Bonchev–Trinajstić information content (AvgIpc) is 2.45. The first kappa shape index (κ1) is 10.9. The molecule has 0 spiro atoms. The van der Waals surface area contributed by atoms with Crippen molar-refractivity contribution in [3.05, 3.63) is 0 Å². The molecule has 2 rings (SSSR count). The summed E-state index contributed by atoms with van der Waals surface area (Å²) < 4.78 is 0. The molecule has 1 amide bonds. The Morgan fingerprint density at radius 1 is 1.40 bits per heavy atom. The van der Waals surface area contributed by atoms with Crippen molar-refractivity contribution >= 4 is 5.91 Å². The number of rotatable bonds is 3. The van der Waals surface area contributed by atoms with Crippen LogP contribution in [0.1, 0.15) is 46.5 Å². The Bertz CT molecular complexity index is 273. The summed E-state index contributed by atoms with van der Waals surface area (Å²) in [7, 11) is 0. The highest BCUT2D eigenvalue weighted by atomic mass is 16.2. The molecule has 0 radical (unpaired) electrons. The van der Waals surface area contributed by atoms with E-state index in [1.54, 1.807) is 0 Å². The van der Waals surface area contributed by atoms with Gasteiger partial charge in [0.1, 0.15) is 0 Å². The standard InChI is InChI=1S/C12H22N2O/c1-4-12(3)10(15)14(9-13-12)8-11(2)6-5-7-11/h13H,4-9H2,1-3H3. The van der Waals surface area contributed by atoms with Gasteiger partial charge in [-0.3, -0.25) is 10.1 Å².